The van der Waals surface area contributed by atoms with Crippen LogP contribution in [0.2, 0.25) is 0 Å². The first kappa shape index (κ1) is 22.6. The monoisotopic (exact) mass is 444 g/mol. The summed E-state index contributed by atoms with van der Waals surface area (Å²) >= 11 is 0. The minimum Gasteiger partial charge on any atom is -0.319 e. The van der Waals surface area contributed by atoms with Gasteiger partial charge in [0.15, 0.2) is 0 Å². The smallest absolute Gasteiger partial charge is 0.255 e. The van der Waals surface area contributed by atoms with Gasteiger partial charge in [-0.15, -0.1) is 0 Å². The molecule has 0 radical (unpaired) electrons. The van der Waals surface area contributed by atoms with Crippen LogP contribution in [0, 0.1) is 18.6 Å². The van der Waals surface area contributed by atoms with Gasteiger partial charge in [-0.1, -0.05) is 36.8 Å². The largest absolute Gasteiger partial charge is 0.319 e. The van der Waals surface area contributed by atoms with E-state index in [4.69, 9.17) is 0 Å². The molecule has 0 aliphatic heterocycles. The third-order valence-electron chi connectivity index (χ3n) is 4.77. The summed E-state index contributed by atoms with van der Waals surface area (Å²) in [6, 6.07) is 15.9. The van der Waals surface area contributed by atoms with Crippen LogP contribution < -0.4 is 5.32 Å². The molecule has 31 heavy (non-hydrogen) atoms. The molecule has 0 aliphatic carbocycles. The first-order valence-corrected chi connectivity index (χ1v) is 11.1. The maximum atomic E-state index is 13.7. The quantitative estimate of drug-likeness (QED) is 0.573. The predicted octanol–water partition coefficient (Wildman–Crippen LogP) is 4.74. The number of carbonyl (C=O) groups excluding carboxylic acids is 1. The van der Waals surface area contributed by atoms with E-state index < -0.39 is 27.6 Å². The second-order valence-electron chi connectivity index (χ2n) is 7.02. The number of carbonyl (C=O) groups is 1. The topological polar surface area (TPSA) is 66.5 Å². The Morgan fingerprint density at radius 2 is 1.61 bits per heavy atom. The number of hydrogen-bond donors (Lipinski definition) is 1. The van der Waals surface area contributed by atoms with Crippen molar-refractivity contribution in [2.24, 2.45) is 0 Å². The molecule has 0 atom stereocenters. The van der Waals surface area contributed by atoms with Gasteiger partial charge in [0.25, 0.3) is 5.91 Å². The number of amides is 1. The summed E-state index contributed by atoms with van der Waals surface area (Å²) in [5.74, 6) is -2.16. The number of benzene rings is 3. The number of hydrogen-bond acceptors (Lipinski definition) is 3. The number of nitrogens with zero attached hydrogens (tertiary/aromatic N) is 1. The molecule has 0 aliphatic rings. The first-order valence-electron chi connectivity index (χ1n) is 9.63. The number of rotatable bonds is 7. The average Bonchev–Trinajstić information content (AvgIpc) is 2.74. The maximum Gasteiger partial charge on any atom is 0.255 e. The molecule has 0 aromatic heterocycles. The van der Waals surface area contributed by atoms with Gasteiger partial charge in [0.05, 0.1) is 10.6 Å². The van der Waals surface area contributed by atoms with Gasteiger partial charge in [-0.05, 0) is 48.9 Å². The van der Waals surface area contributed by atoms with Gasteiger partial charge in [0.2, 0.25) is 10.0 Å². The van der Waals surface area contributed by atoms with Crippen LogP contribution in [0.15, 0.2) is 71.6 Å². The summed E-state index contributed by atoms with van der Waals surface area (Å²) in [6.07, 6.45) is 0. The number of aryl methyl sites for hydroxylation is 1. The van der Waals surface area contributed by atoms with E-state index in [1.807, 2.05) is 6.92 Å². The lowest BCUT2D eigenvalue weighted by Gasteiger charge is -2.21. The molecule has 3 rings (SSSR count). The zero-order valence-electron chi connectivity index (χ0n) is 17.1. The molecule has 1 amide bonds. The second kappa shape index (κ2) is 9.36. The SMILES string of the molecule is CCN(Cc1ccc(C(=O)Nc2ccc(F)cc2F)cc1)S(=O)(=O)c1ccc(C)cc1. The van der Waals surface area contributed by atoms with Gasteiger partial charge < -0.3 is 5.32 Å². The van der Waals surface area contributed by atoms with E-state index in [9.17, 15) is 22.0 Å². The van der Waals surface area contributed by atoms with Crippen molar-refractivity contribution in [3.8, 4) is 0 Å². The molecule has 162 valence electrons. The third-order valence-corrected chi connectivity index (χ3v) is 6.70. The normalized spacial score (nSPS) is 11.5. The molecule has 3 aromatic carbocycles. The summed E-state index contributed by atoms with van der Waals surface area (Å²) in [5, 5.41) is 2.39. The van der Waals surface area contributed by atoms with Crippen LogP contribution in [0.5, 0.6) is 0 Å². The molecule has 0 saturated carbocycles. The molecule has 8 heteroatoms. The predicted molar refractivity (Wildman–Crippen MR) is 115 cm³/mol. The van der Waals surface area contributed by atoms with E-state index in [2.05, 4.69) is 5.32 Å². The minimum absolute atomic E-state index is 0.128. The van der Waals surface area contributed by atoms with Crippen molar-refractivity contribution in [2.75, 3.05) is 11.9 Å². The lowest BCUT2D eigenvalue weighted by molar-refractivity contribution is 0.102. The average molecular weight is 445 g/mol. The van der Waals surface area contributed by atoms with Crippen LogP contribution in [0.25, 0.3) is 0 Å². The number of anilines is 1. The van der Waals surface area contributed by atoms with Crippen molar-refractivity contribution in [3.05, 3.63) is 95.1 Å². The van der Waals surface area contributed by atoms with Gasteiger partial charge >= 0.3 is 0 Å². The fraction of sp³-hybridized carbons (Fsp3) is 0.174. The summed E-state index contributed by atoms with van der Waals surface area (Å²) in [6.45, 7) is 4.06. The van der Waals surface area contributed by atoms with Crippen molar-refractivity contribution < 1.29 is 22.0 Å². The molecule has 5 nitrogen and oxygen atoms in total. The third kappa shape index (κ3) is 5.34. The second-order valence-corrected chi connectivity index (χ2v) is 8.96. The van der Waals surface area contributed by atoms with E-state index >= 15 is 0 Å². The van der Waals surface area contributed by atoms with E-state index in [1.54, 1.807) is 43.3 Å². The lowest BCUT2D eigenvalue weighted by Crippen LogP contribution is -2.30. The van der Waals surface area contributed by atoms with Crippen LogP contribution >= 0.6 is 0 Å². The fourth-order valence-corrected chi connectivity index (χ4v) is 4.41. The van der Waals surface area contributed by atoms with Crippen molar-refractivity contribution in [1.29, 1.82) is 0 Å². The fourth-order valence-electron chi connectivity index (χ4n) is 2.98. The number of nitrogens with one attached hydrogen (secondary N) is 1. The maximum absolute atomic E-state index is 13.7. The van der Waals surface area contributed by atoms with Gasteiger partial charge in [0.1, 0.15) is 11.6 Å². The highest BCUT2D eigenvalue weighted by molar-refractivity contribution is 7.89. The Labute approximate surface area is 180 Å². The van der Waals surface area contributed by atoms with Crippen LogP contribution in [0.3, 0.4) is 0 Å². The Kier molecular flexibility index (Phi) is 6.82. The molecule has 0 saturated heterocycles. The van der Waals surface area contributed by atoms with E-state index in [-0.39, 0.29) is 29.2 Å². The van der Waals surface area contributed by atoms with Gasteiger partial charge in [-0.2, -0.15) is 4.31 Å². The molecule has 0 bridgehead atoms. The van der Waals surface area contributed by atoms with E-state index in [0.29, 0.717) is 11.6 Å². The highest BCUT2D eigenvalue weighted by Gasteiger charge is 2.23. The molecular weight excluding hydrogens is 422 g/mol. The van der Waals surface area contributed by atoms with Gasteiger partial charge in [0, 0.05) is 24.7 Å². The van der Waals surface area contributed by atoms with Crippen molar-refractivity contribution in [2.45, 2.75) is 25.3 Å². The Balaban J connectivity index is 1.72. The van der Waals surface area contributed by atoms with E-state index in [0.717, 1.165) is 17.7 Å². The summed E-state index contributed by atoms with van der Waals surface area (Å²) in [5.41, 5.74) is 1.80. The van der Waals surface area contributed by atoms with Crippen molar-refractivity contribution in [1.82, 2.24) is 4.31 Å². The molecule has 3 aromatic rings. The Bertz CT molecular complexity index is 1180. The Morgan fingerprint density at radius 1 is 0.968 bits per heavy atom. The Morgan fingerprint density at radius 3 is 2.19 bits per heavy atom. The molecule has 0 fully saturated rings. The molecule has 0 spiro atoms. The Hall–Kier alpha value is -3.10. The zero-order valence-corrected chi connectivity index (χ0v) is 17.9. The van der Waals surface area contributed by atoms with Crippen molar-refractivity contribution in [3.63, 3.8) is 0 Å². The molecular formula is C23H22F2N2O3S. The van der Waals surface area contributed by atoms with Crippen LogP contribution in [0.1, 0.15) is 28.4 Å². The number of sulfonamides is 1. The minimum atomic E-state index is -3.66. The van der Waals surface area contributed by atoms with Crippen LogP contribution in [0.4, 0.5) is 14.5 Å². The summed E-state index contributed by atoms with van der Waals surface area (Å²) < 4.78 is 53.9. The first-order chi connectivity index (χ1) is 14.7. The van der Waals surface area contributed by atoms with Gasteiger partial charge in [-0.25, -0.2) is 17.2 Å². The molecule has 1 N–H and O–H groups in total. The van der Waals surface area contributed by atoms with E-state index in [1.165, 1.54) is 16.4 Å². The number of halogens is 2. The van der Waals surface area contributed by atoms with Crippen LogP contribution in [-0.4, -0.2) is 25.2 Å². The summed E-state index contributed by atoms with van der Waals surface area (Å²) in [7, 11) is -3.66. The molecule has 0 heterocycles. The van der Waals surface area contributed by atoms with Crippen LogP contribution in [-0.2, 0) is 16.6 Å². The molecule has 0 unspecified atom stereocenters. The van der Waals surface area contributed by atoms with Crippen molar-refractivity contribution >= 4 is 21.6 Å². The highest BCUT2D eigenvalue weighted by atomic mass is 32.2. The van der Waals surface area contributed by atoms with Gasteiger partial charge in [-0.3, -0.25) is 4.79 Å². The standard InChI is InChI=1S/C23H22F2N2O3S/c1-3-27(31(29,30)20-11-4-16(2)5-12-20)15-17-6-8-18(9-7-17)23(28)26-22-13-10-19(24)14-21(22)25/h4-14H,3,15H2,1-2H3,(H,26,28). The summed E-state index contributed by atoms with van der Waals surface area (Å²) in [4.78, 5) is 12.6. The highest BCUT2D eigenvalue weighted by Crippen LogP contribution is 2.20. The lowest BCUT2D eigenvalue weighted by atomic mass is 10.1. The zero-order chi connectivity index (χ0) is 22.6.